The molecule has 0 saturated carbocycles. The van der Waals surface area contributed by atoms with Gasteiger partial charge in [-0.1, -0.05) is 23.4 Å². The number of hydrogen-bond acceptors (Lipinski definition) is 5. The van der Waals surface area contributed by atoms with Gasteiger partial charge in [0.15, 0.2) is 5.82 Å². The van der Waals surface area contributed by atoms with Crippen molar-refractivity contribution in [1.29, 1.82) is 0 Å². The maximum absolute atomic E-state index is 13.7. The molecular formula is C18H14ClF3N2O4S. The van der Waals surface area contributed by atoms with Crippen molar-refractivity contribution >= 4 is 34.5 Å². The number of carbonyl (C=O) groups excluding carboxylic acids is 1. The fourth-order valence-corrected chi connectivity index (χ4v) is 3.52. The second-order valence-electron chi connectivity index (χ2n) is 5.88. The molecule has 1 amide bonds. The van der Waals surface area contributed by atoms with E-state index in [1.165, 1.54) is 6.07 Å². The molecule has 1 atom stereocenters. The smallest absolute Gasteiger partial charge is 0.286 e. The van der Waals surface area contributed by atoms with Crippen LogP contribution in [0.5, 0.6) is 0 Å². The minimum absolute atomic E-state index is 0.141. The molecule has 1 aliphatic heterocycles. The van der Waals surface area contributed by atoms with Crippen LogP contribution < -0.4 is 10.9 Å². The fraction of sp³-hybridized carbons (Fsp3) is 0.333. The molecule has 0 aliphatic carbocycles. The van der Waals surface area contributed by atoms with Crippen LogP contribution in [0.3, 0.4) is 0 Å². The maximum Gasteiger partial charge on any atom is 0.286 e. The molecule has 6 nitrogen and oxygen atoms in total. The Morgan fingerprint density at radius 1 is 1.41 bits per heavy atom. The lowest BCUT2D eigenvalue weighted by Gasteiger charge is -2.17. The zero-order valence-corrected chi connectivity index (χ0v) is 16.3. The van der Waals surface area contributed by atoms with Crippen molar-refractivity contribution in [1.82, 2.24) is 4.57 Å². The summed E-state index contributed by atoms with van der Waals surface area (Å²) in [4.78, 5) is 24.1. The van der Waals surface area contributed by atoms with Gasteiger partial charge in [-0.15, -0.1) is 11.3 Å². The topological polar surface area (TPSA) is 69.6 Å². The number of carbonyl (C=O) groups is 1. The highest BCUT2D eigenvalue weighted by atomic mass is 35.5. The lowest BCUT2D eigenvalue weighted by atomic mass is 10.2. The predicted molar refractivity (Wildman–Crippen MR) is 101 cm³/mol. The van der Waals surface area contributed by atoms with Gasteiger partial charge >= 0.3 is 0 Å². The van der Waals surface area contributed by atoms with E-state index in [-0.39, 0.29) is 14.9 Å². The Balaban J connectivity index is 1.75. The van der Waals surface area contributed by atoms with E-state index in [2.05, 4.69) is 17.2 Å². The van der Waals surface area contributed by atoms with Crippen LogP contribution in [-0.2, 0) is 16.0 Å². The van der Waals surface area contributed by atoms with Crippen LogP contribution in [0, 0.1) is 17.7 Å². The molecule has 1 unspecified atom stereocenters. The third-order valence-corrected chi connectivity index (χ3v) is 5.09. The van der Waals surface area contributed by atoms with Crippen molar-refractivity contribution in [2.75, 3.05) is 25.1 Å². The van der Waals surface area contributed by atoms with Crippen molar-refractivity contribution in [2.24, 2.45) is 0 Å². The Bertz CT molecular complexity index is 1020. The number of hydrogen-bond donors (Lipinski definition) is 1. The van der Waals surface area contributed by atoms with Gasteiger partial charge in [0.25, 0.3) is 17.9 Å². The van der Waals surface area contributed by atoms with E-state index < -0.39 is 36.4 Å². The molecule has 1 N–H and O–H groups in total. The van der Waals surface area contributed by atoms with Crippen molar-refractivity contribution in [2.45, 2.75) is 19.1 Å². The number of ether oxygens (including phenoxy) is 2. The van der Waals surface area contributed by atoms with Gasteiger partial charge in [-0.25, -0.2) is 13.2 Å². The van der Waals surface area contributed by atoms with Gasteiger partial charge in [-0.2, -0.15) is 0 Å². The Labute approximate surface area is 172 Å². The van der Waals surface area contributed by atoms with Gasteiger partial charge < -0.3 is 19.4 Å². The zero-order valence-electron chi connectivity index (χ0n) is 14.7. The first-order valence-corrected chi connectivity index (χ1v) is 9.52. The molecule has 3 heterocycles. The lowest BCUT2D eigenvalue weighted by molar-refractivity contribution is -0.0635. The van der Waals surface area contributed by atoms with Crippen LogP contribution >= 0.6 is 22.9 Å². The molecule has 0 bridgehead atoms. The molecule has 2 aromatic rings. The molecule has 11 heteroatoms. The first kappa shape index (κ1) is 21.4. The normalized spacial score (nSPS) is 16.4. The first-order chi connectivity index (χ1) is 13.8. The van der Waals surface area contributed by atoms with E-state index in [4.69, 9.17) is 21.1 Å². The second kappa shape index (κ2) is 9.45. The van der Waals surface area contributed by atoms with Crippen molar-refractivity contribution in [3.8, 4) is 11.8 Å². The summed E-state index contributed by atoms with van der Waals surface area (Å²) < 4.78 is 50.2. The third-order valence-electron chi connectivity index (χ3n) is 3.73. The molecule has 29 heavy (non-hydrogen) atoms. The van der Waals surface area contributed by atoms with Gasteiger partial charge in [-0.3, -0.25) is 9.59 Å². The maximum atomic E-state index is 13.7. The molecular weight excluding hydrogens is 433 g/mol. The average Bonchev–Trinajstić information content (AvgIpc) is 3.05. The number of amides is 1. The van der Waals surface area contributed by atoms with E-state index in [1.54, 1.807) is 0 Å². The number of pyridine rings is 1. The summed E-state index contributed by atoms with van der Waals surface area (Å²) in [6.45, 7) is 0.292. The number of alkyl halides is 2. The Morgan fingerprint density at radius 3 is 2.90 bits per heavy atom. The molecule has 1 aliphatic rings. The summed E-state index contributed by atoms with van der Waals surface area (Å²) >= 11 is 7.06. The molecule has 1 fully saturated rings. The second-order valence-corrected chi connectivity index (χ2v) is 7.54. The van der Waals surface area contributed by atoms with Crippen LogP contribution in [0.1, 0.15) is 15.2 Å². The minimum atomic E-state index is -2.85. The van der Waals surface area contributed by atoms with Crippen molar-refractivity contribution in [3.05, 3.63) is 49.3 Å². The largest absolute Gasteiger partial charge is 0.375 e. The number of nitrogens with one attached hydrogen (secondary N) is 1. The molecule has 1 saturated heterocycles. The van der Waals surface area contributed by atoms with Crippen molar-refractivity contribution < 1.29 is 27.4 Å². The molecule has 3 rings (SSSR count). The Kier molecular flexibility index (Phi) is 6.97. The number of halogens is 4. The van der Waals surface area contributed by atoms with E-state index in [0.717, 1.165) is 23.6 Å². The fourth-order valence-electron chi connectivity index (χ4n) is 2.44. The van der Waals surface area contributed by atoms with Gasteiger partial charge in [0.05, 0.1) is 42.5 Å². The minimum Gasteiger partial charge on any atom is -0.375 e. The molecule has 2 aromatic heterocycles. The summed E-state index contributed by atoms with van der Waals surface area (Å²) in [6, 6.07) is 2.21. The number of nitrogens with zero attached hydrogens (tertiary/aromatic N) is 1. The number of aromatic nitrogens is 1. The Hall–Kier alpha value is -2.32. The summed E-state index contributed by atoms with van der Waals surface area (Å²) in [7, 11) is 0. The SMILES string of the molecule is O=C(Nc1cc(F)c(=O)n(CC(F)F)c1)c1cc(C#CC2COCCO2)c(Cl)s1. The summed E-state index contributed by atoms with van der Waals surface area (Å²) in [5.41, 5.74) is -0.934. The van der Waals surface area contributed by atoms with Crippen LogP contribution in [0.2, 0.25) is 4.34 Å². The van der Waals surface area contributed by atoms with Gasteiger partial charge in [0.2, 0.25) is 0 Å². The Morgan fingerprint density at radius 2 is 2.21 bits per heavy atom. The highest BCUT2D eigenvalue weighted by molar-refractivity contribution is 7.18. The zero-order chi connectivity index (χ0) is 21.0. The summed E-state index contributed by atoms with van der Waals surface area (Å²) in [5.74, 6) is 3.77. The number of thiophene rings is 1. The highest BCUT2D eigenvalue weighted by Crippen LogP contribution is 2.28. The third kappa shape index (κ3) is 5.61. The van der Waals surface area contributed by atoms with Gasteiger partial charge in [0, 0.05) is 12.3 Å². The molecule has 0 spiro atoms. The molecule has 154 valence electrons. The highest BCUT2D eigenvalue weighted by Gasteiger charge is 2.16. The van der Waals surface area contributed by atoms with Gasteiger partial charge in [-0.05, 0) is 6.07 Å². The van der Waals surface area contributed by atoms with Gasteiger partial charge in [0.1, 0.15) is 10.4 Å². The molecule has 0 radical (unpaired) electrons. The van der Waals surface area contributed by atoms with E-state index >= 15 is 0 Å². The standard InChI is InChI=1S/C18H14ClF3N2O4S/c19-16-10(1-2-12-9-27-3-4-28-12)5-14(29-16)17(25)23-11-6-13(20)18(26)24(7-11)8-15(21)22/h5-7,12,15H,3-4,8-9H2,(H,23,25). The van der Waals surface area contributed by atoms with Crippen LogP contribution in [-0.4, -0.2) is 42.8 Å². The first-order valence-electron chi connectivity index (χ1n) is 8.33. The number of anilines is 1. The van der Waals surface area contributed by atoms with E-state index in [9.17, 15) is 22.8 Å². The van der Waals surface area contributed by atoms with Crippen LogP contribution in [0.15, 0.2) is 23.1 Å². The van der Waals surface area contributed by atoms with Crippen molar-refractivity contribution in [3.63, 3.8) is 0 Å². The summed E-state index contributed by atoms with van der Waals surface area (Å²) in [6.07, 6.45) is -2.30. The van der Waals surface area contributed by atoms with Crippen LogP contribution in [0.4, 0.5) is 18.9 Å². The van der Waals surface area contributed by atoms with E-state index in [0.29, 0.717) is 30.0 Å². The summed E-state index contributed by atoms with van der Waals surface area (Å²) in [5, 5.41) is 2.36. The monoisotopic (exact) mass is 446 g/mol. The average molecular weight is 447 g/mol. The van der Waals surface area contributed by atoms with E-state index in [1.807, 2.05) is 0 Å². The lowest BCUT2D eigenvalue weighted by Crippen LogP contribution is -2.27. The predicted octanol–water partition coefficient (Wildman–Crippen LogP) is 2.99. The quantitative estimate of drug-likeness (QED) is 0.733. The number of rotatable bonds is 4. The van der Waals surface area contributed by atoms with Crippen LogP contribution in [0.25, 0.3) is 0 Å². The molecule has 0 aromatic carbocycles.